The van der Waals surface area contributed by atoms with Crippen LogP contribution in [0.25, 0.3) is 0 Å². The van der Waals surface area contributed by atoms with Crippen LogP contribution in [0.3, 0.4) is 0 Å². The van der Waals surface area contributed by atoms with E-state index in [2.05, 4.69) is 5.32 Å². The molecule has 0 aliphatic rings. The van der Waals surface area contributed by atoms with Gasteiger partial charge in [0, 0.05) is 10.7 Å². The van der Waals surface area contributed by atoms with E-state index in [1.54, 1.807) is 25.1 Å². The predicted molar refractivity (Wildman–Crippen MR) is 117 cm³/mol. The molecule has 1 N–H and O–H groups in total. The Bertz CT molecular complexity index is 980. The molecule has 0 aliphatic carbocycles. The monoisotopic (exact) mass is 422 g/mol. The lowest BCUT2D eigenvalue weighted by Crippen LogP contribution is -2.47. The Morgan fingerprint density at radius 1 is 1.07 bits per heavy atom. The zero-order chi connectivity index (χ0) is 21.2. The summed E-state index contributed by atoms with van der Waals surface area (Å²) in [4.78, 5) is 13.1. The van der Waals surface area contributed by atoms with Gasteiger partial charge in [0.1, 0.15) is 6.04 Å². The van der Waals surface area contributed by atoms with Gasteiger partial charge in [0.05, 0.1) is 11.9 Å². The van der Waals surface area contributed by atoms with Crippen molar-refractivity contribution in [2.75, 3.05) is 15.9 Å². The van der Waals surface area contributed by atoms with Crippen LogP contribution in [0.5, 0.6) is 0 Å². The fraction of sp³-hybridized carbons (Fsp3) is 0.381. The molecule has 0 saturated carbocycles. The Kier molecular flexibility index (Phi) is 6.78. The number of sulfonamides is 1. The third kappa shape index (κ3) is 4.86. The number of hydrogen-bond donors (Lipinski definition) is 1. The summed E-state index contributed by atoms with van der Waals surface area (Å²) in [5.74, 6) is -0.375. The fourth-order valence-corrected chi connectivity index (χ4v) is 4.74. The first-order chi connectivity index (χ1) is 13.0. The molecular weight excluding hydrogens is 396 g/mol. The average Bonchev–Trinajstić information content (AvgIpc) is 2.57. The Labute approximate surface area is 172 Å². The summed E-state index contributed by atoms with van der Waals surface area (Å²) in [6.07, 6.45) is 1.41. The number of nitrogens with one attached hydrogen (secondary N) is 1. The average molecular weight is 423 g/mol. The van der Waals surface area contributed by atoms with Gasteiger partial charge in [-0.3, -0.25) is 9.10 Å². The van der Waals surface area contributed by atoms with Crippen molar-refractivity contribution < 1.29 is 13.2 Å². The molecule has 5 nitrogen and oxygen atoms in total. The van der Waals surface area contributed by atoms with E-state index in [1.165, 1.54) is 0 Å². The van der Waals surface area contributed by atoms with E-state index >= 15 is 0 Å². The van der Waals surface area contributed by atoms with E-state index in [1.807, 2.05) is 39.8 Å². The highest BCUT2D eigenvalue weighted by Crippen LogP contribution is 2.29. The molecule has 2 rings (SSSR count). The van der Waals surface area contributed by atoms with Crippen molar-refractivity contribution >= 4 is 38.9 Å². The van der Waals surface area contributed by atoms with Gasteiger partial charge in [-0.1, -0.05) is 42.3 Å². The summed E-state index contributed by atoms with van der Waals surface area (Å²) in [5, 5.41) is 3.38. The molecule has 0 fully saturated rings. The standard InChI is InChI=1S/C21H27ClN2O3S/c1-7-19(21(25)23-20-15(4)10-13(2)11-16(20)5)24(28(6,26)27)17-9-8-14(3)18(22)12-17/h8-12,19H,7H2,1-6H3,(H,23,25)/t19-/m1/s1. The number of anilines is 2. The number of halogens is 1. The van der Waals surface area contributed by atoms with Gasteiger partial charge >= 0.3 is 0 Å². The fourth-order valence-electron chi connectivity index (χ4n) is 3.36. The third-order valence-corrected chi connectivity index (χ3v) is 6.25. The van der Waals surface area contributed by atoms with Crippen molar-refractivity contribution in [3.05, 3.63) is 57.6 Å². The number of hydrogen-bond acceptors (Lipinski definition) is 3. The minimum Gasteiger partial charge on any atom is -0.324 e. The summed E-state index contributed by atoms with van der Waals surface area (Å²) < 4.78 is 26.3. The van der Waals surface area contributed by atoms with Crippen LogP contribution in [0.4, 0.5) is 11.4 Å². The number of benzene rings is 2. The molecule has 152 valence electrons. The van der Waals surface area contributed by atoms with Gasteiger partial charge in [-0.15, -0.1) is 0 Å². The van der Waals surface area contributed by atoms with Gasteiger partial charge in [-0.05, 0) is 62.9 Å². The minimum atomic E-state index is -3.71. The summed E-state index contributed by atoms with van der Waals surface area (Å²) in [6, 6.07) is 8.06. The van der Waals surface area contributed by atoms with Crippen LogP contribution < -0.4 is 9.62 Å². The van der Waals surface area contributed by atoms with Crippen molar-refractivity contribution in [3.8, 4) is 0 Å². The smallest absolute Gasteiger partial charge is 0.248 e. The molecular formula is C21H27ClN2O3S. The molecule has 0 aliphatic heterocycles. The number of carbonyl (C=O) groups is 1. The summed E-state index contributed by atoms with van der Waals surface area (Å²) in [5.41, 5.74) is 4.89. The molecule has 7 heteroatoms. The lowest BCUT2D eigenvalue weighted by molar-refractivity contribution is -0.117. The Morgan fingerprint density at radius 3 is 2.11 bits per heavy atom. The minimum absolute atomic E-state index is 0.314. The summed E-state index contributed by atoms with van der Waals surface area (Å²) in [6.45, 7) is 9.46. The lowest BCUT2D eigenvalue weighted by Gasteiger charge is -2.30. The van der Waals surface area contributed by atoms with E-state index in [9.17, 15) is 13.2 Å². The molecule has 1 atom stereocenters. The lowest BCUT2D eigenvalue weighted by atomic mass is 10.0. The number of amides is 1. The SMILES string of the molecule is CC[C@H](C(=O)Nc1c(C)cc(C)cc1C)N(c1ccc(C)c(Cl)c1)S(C)(=O)=O. The summed E-state index contributed by atoms with van der Waals surface area (Å²) in [7, 11) is -3.71. The second-order valence-electron chi connectivity index (χ2n) is 7.18. The molecule has 28 heavy (non-hydrogen) atoms. The first-order valence-corrected chi connectivity index (χ1v) is 11.3. The predicted octanol–water partition coefficient (Wildman–Crippen LogP) is 4.76. The van der Waals surface area contributed by atoms with Crippen LogP contribution in [0.1, 0.15) is 35.6 Å². The zero-order valence-corrected chi connectivity index (χ0v) is 18.7. The van der Waals surface area contributed by atoms with Crippen LogP contribution in [-0.2, 0) is 14.8 Å². The molecule has 0 saturated heterocycles. The molecule has 0 bridgehead atoms. The normalized spacial score (nSPS) is 12.5. The van der Waals surface area contributed by atoms with Crippen molar-refractivity contribution in [3.63, 3.8) is 0 Å². The van der Waals surface area contributed by atoms with Gasteiger partial charge in [0.2, 0.25) is 15.9 Å². The number of rotatable bonds is 6. The van der Waals surface area contributed by atoms with Crippen molar-refractivity contribution in [2.24, 2.45) is 0 Å². The molecule has 1 amide bonds. The van der Waals surface area contributed by atoms with Gasteiger partial charge < -0.3 is 5.32 Å². The highest BCUT2D eigenvalue weighted by molar-refractivity contribution is 7.92. The van der Waals surface area contributed by atoms with Gasteiger partial charge in [0.15, 0.2) is 0 Å². The maximum absolute atomic E-state index is 13.1. The third-order valence-electron chi connectivity index (χ3n) is 4.66. The number of nitrogens with zero attached hydrogens (tertiary/aromatic N) is 1. The van der Waals surface area contributed by atoms with Gasteiger partial charge in [0.25, 0.3) is 0 Å². The Hall–Kier alpha value is -2.05. The zero-order valence-electron chi connectivity index (χ0n) is 17.1. The maximum atomic E-state index is 13.1. The number of carbonyl (C=O) groups excluding carboxylic acids is 1. The van der Waals surface area contributed by atoms with E-state index in [4.69, 9.17) is 11.6 Å². The van der Waals surface area contributed by atoms with Crippen LogP contribution in [0, 0.1) is 27.7 Å². The van der Waals surface area contributed by atoms with Crippen LogP contribution in [-0.4, -0.2) is 26.6 Å². The second kappa shape index (κ2) is 8.53. The molecule has 0 unspecified atom stereocenters. The number of aryl methyl sites for hydroxylation is 4. The molecule has 2 aromatic rings. The first-order valence-electron chi connectivity index (χ1n) is 9.10. The second-order valence-corrected chi connectivity index (χ2v) is 9.45. The summed E-state index contributed by atoms with van der Waals surface area (Å²) >= 11 is 6.20. The van der Waals surface area contributed by atoms with E-state index in [-0.39, 0.29) is 5.91 Å². The van der Waals surface area contributed by atoms with Crippen molar-refractivity contribution in [2.45, 2.75) is 47.1 Å². The van der Waals surface area contributed by atoms with E-state index < -0.39 is 16.1 Å². The molecule has 0 radical (unpaired) electrons. The maximum Gasteiger partial charge on any atom is 0.248 e. The van der Waals surface area contributed by atoms with Gasteiger partial charge in [-0.25, -0.2) is 8.42 Å². The van der Waals surface area contributed by atoms with Crippen LogP contribution in [0.15, 0.2) is 30.3 Å². The quantitative estimate of drug-likeness (QED) is 0.729. The van der Waals surface area contributed by atoms with E-state index in [0.29, 0.717) is 22.8 Å². The topological polar surface area (TPSA) is 66.5 Å². The highest BCUT2D eigenvalue weighted by atomic mass is 35.5. The first kappa shape index (κ1) is 22.2. The van der Waals surface area contributed by atoms with Crippen LogP contribution >= 0.6 is 11.6 Å². The highest BCUT2D eigenvalue weighted by Gasteiger charge is 2.32. The van der Waals surface area contributed by atoms with E-state index in [0.717, 1.165) is 32.8 Å². The molecule has 2 aromatic carbocycles. The molecule has 0 heterocycles. The largest absolute Gasteiger partial charge is 0.324 e. The van der Waals surface area contributed by atoms with Gasteiger partial charge in [-0.2, -0.15) is 0 Å². The van der Waals surface area contributed by atoms with Crippen LogP contribution in [0.2, 0.25) is 5.02 Å². The Balaban J connectivity index is 2.46. The van der Waals surface area contributed by atoms with Crippen molar-refractivity contribution in [1.82, 2.24) is 0 Å². The van der Waals surface area contributed by atoms with Crippen molar-refractivity contribution in [1.29, 1.82) is 0 Å². The molecule has 0 spiro atoms. The Morgan fingerprint density at radius 2 is 1.64 bits per heavy atom. The molecule has 0 aromatic heterocycles.